The van der Waals surface area contributed by atoms with Crippen LogP contribution in [-0.2, 0) is 17.9 Å². The summed E-state index contributed by atoms with van der Waals surface area (Å²) in [6.07, 6.45) is 1.57. The van der Waals surface area contributed by atoms with Crippen molar-refractivity contribution in [3.05, 3.63) is 53.5 Å². The van der Waals surface area contributed by atoms with E-state index in [-0.39, 0.29) is 0 Å². The monoisotopic (exact) mass is 257 g/mol. The van der Waals surface area contributed by atoms with Gasteiger partial charge in [-0.05, 0) is 25.0 Å². The lowest BCUT2D eigenvalue weighted by Crippen LogP contribution is -2.05. The summed E-state index contributed by atoms with van der Waals surface area (Å²) in [6, 6.07) is 10.2. The number of anilines is 1. The van der Waals surface area contributed by atoms with E-state index >= 15 is 0 Å². The minimum absolute atomic E-state index is 0.650. The first-order valence-electron chi connectivity index (χ1n) is 6.46. The molecule has 0 aliphatic heterocycles. The van der Waals surface area contributed by atoms with Crippen molar-refractivity contribution in [2.24, 2.45) is 0 Å². The number of hydrogen-bond donors (Lipinski definition) is 1. The number of nitrogens with one attached hydrogen (secondary N) is 1. The molecule has 0 atom stereocenters. The molecular weight excluding hydrogens is 238 g/mol. The van der Waals surface area contributed by atoms with Gasteiger partial charge in [-0.1, -0.05) is 24.3 Å². The minimum Gasteiger partial charge on any atom is -0.377 e. The van der Waals surface area contributed by atoms with E-state index in [1.54, 1.807) is 6.33 Å². The fourth-order valence-electron chi connectivity index (χ4n) is 1.82. The lowest BCUT2D eigenvalue weighted by Gasteiger charge is -2.11. The summed E-state index contributed by atoms with van der Waals surface area (Å²) in [5.74, 6) is 0.846. The van der Waals surface area contributed by atoms with E-state index in [4.69, 9.17) is 4.74 Å². The Morgan fingerprint density at radius 2 is 1.95 bits per heavy atom. The van der Waals surface area contributed by atoms with Crippen molar-refractivity contribution in [1.82, 2.24) is 9.97 Å². The van der Waals surface area contributed by atoms with Gasteiger partial charge in [0, 0.05) is 24.9 Å². The summed E-state index contributed by atoms with van der Waals surface area (Å²) in [5.41, 5.74) is 3.40. The molecule has 0 fully saturated rings. The molecule has 4 heteroatoms. The molecule has 0 spiro atoms. The Balaban J connectivity index is 2.02. The molecule has 0 unspecified atom stereocenters. The number of rotatable bonds is 6. The molecule has 0 bridgehead atoms. The molecule has 100 valence electrons. The van der Waals surface area contributed by atoms with Crippen LogP contribution in [0.25, 0.3) is 0 Å². The van der Waals surface area contributed by atoms with E-state index in [1.165, 1.54) is 11.1 Å². The Bertz CT molecular complexity index is 528. The molecule has 1 aromatic heterocycles. The van der Waals surface area contributed by atoms with Crippen LogP contribution in [0.5, 0.6) is 0 Å². The zero-order valence-electron chi connectivity index (χ0n) is 11.4. The van der Waals surface area contributed by atoms with E-state index in [0.29, 0.717) is 6.61 Å². The summed E-state index contributed by atoms with van der Waals surface area (Å²) >= 11 is 0. The molecule has 0 aliphatic rings. The van der Waals surface area contributed by atoms with Gasteiger partial charge < -0.3 is 10.1 Å². The van der Waals surface area contributed by atoms with Gasteiger partial charge in [-0.25, -0.2) is 9.97 Å². The van der Waals surface area contributed by atoms with Gasteiger partial charge in [0.15, 0.2) is 0 Å². The van der Waals surface area contributed by atoms with Crippen LogP contribution in [0, 0.1) is 6.92 Å². The smallest absolute Gasteiger partial charge is 0.129 e. The third-order valence-corrected chi connectivity index (χ3v) is 2.84. The molecule has 0 saturated carbocycles. The average molecular weight is 257 g/mol. The molecule has 4 nitrogen and oxygen atoms in total. The van der Waals surface area contributed by atoms with Gasteiger partial charge in [0.05, 0.1) is 6.61 Å². The van der Waals surface area contributed by atoms with Gasteiger partial charge in [-0.15, -0.1) is 0 Å². The predicted octanol–water partition coefficient (Wildman–Crippen LogP) is 2.93. The fraction of sp³-hybridized carbons (Fsp3) is 0.333. The highest BCUT2D eigenvalue weighted by Crippen LogP contribution is 2.12. The Labute approximate surface area is 113 Å². The highest BCUT2D eigenvalue weighted by atomic mass is 16.5. The average Bonchev–Trinajstić information content (AvgIpc) is 2.44. The van der Waals surface area contributed by atoms with E-state index < -0.39 is 0 Å². The summed E-state index contributed by atoms with van der Waals surface area (Å²) in [5, 5.41) is 3.31. The number of benzene rings is 1. The maximum Gasteiger partial charge on any atom is 0.129 e. The Hall–Kier alpha value is -1.94. The van der Waals surface area contributed by atoms with Gasteiger partial charge >= 0.3 is 0 Å². The number of aryl methyl sites for hydroxylation is 1. The first kappa shape index (κ1) is 13.5. The number of nitrogens with zero attached hydrogens (tertiary/aromatic N) is 2. The van der Waals surface area contributed by atoms with Crippen LogP contribution < -0.4 is 5.32 Å². The van der Waals surface area contributed by atoms with Crippen LogP contribution in [0.1, 0.15) is 23.7 Å². The molecule has 0 radical (unpaired) electrons. The lowest BCUT2D eigenvalue weighted by atomic mass is 10.1. The first-order chi connectivity index (χ1) is 9.29. The minimum atomic E-state index is 0.650. The molecule has 0 saturated heterocycles. The summed E-state index contributed by atoms with van der Waals surface area (Å²) < 4.78 is 5.48. The van der Waals surface area contributed by atoms with Crippen LogP contribution in [0.2, 0.25) is 0 Å². The van der Waals surface area contributed by atoms with Gasteiger partial charge in [-0.2, -0.15) is 0 Å². The Morgan fingerprint density at radius 3 is 2.68 bits per heavy atom. The maximum absolute atomic E-state index is 5.48. The zero-order valence-corrected chi connectivity index (χ0v) is 11.4. The van der Waals surface area contributed by atoms with E-state index in [2.05, 4.69) is 27.4 Å². The molecule has 2 aromatic rings. The van der Waals surface area contributed by atoms with Crippen molar-refractivity contribution in [1.29, 1.82) is 0 Å². The van der Waals surface area contributed by atoms with Crippen LogP contribution in [0.3, 0.4) is 0 Å². The van der Waals surface area contributed by atoms with Crippen molar-refractivity contribution in [2.45, 2.75) is 27.0 Å². The molecular formula is C15H19N3O. The molecule has 1 aromatic carbocycles. The summed E-state index contributed by atoms with van der Waals surface area (Å²) in [7, 11) is 0. The van der Waals surface area contributed by atoms with Crippen molar-refractivity contribution >= 4 is 5.82 Å². The van der Waals surface area contributed by atoms with Crippen molar-refractivity contribution in [3.63, 3.8) is 0 Å². The highest BCUT2D eigenvalue weighted by Gasteiger charge is 2.02. The normalized spacial score (nSPS) is 10.4. The molecule has 1 heterocycles. The van der Waals surface area contributed by atoms with Crippen LogP contribution in [-0.4, -0.2) is 16.6 Å². The number of ether oxygens (including phenoxy) is 1. The second kappa shape index (κ2) is 6.85. The standard InChI is InChI=1S/C15H19N3O/c1-3-19-10-14-7-5-4-6-13(14)9-16-15-8-12(2)17-11-18-15/h4-8,11H,3,9-10H2,1-2H3,(H,16,17,18). The predicted molar refractivity (Wildman–Crippen MR) is 75.9 cm³/mol. The van der Waals surface area contributed by atoms with Crippen LogP contribution >= 0.6 is 0 Å². The third-order valence-electron chi connectivity index (χ3n) is 2.84. The van der Waals surface area contributed by atoms with Crippen LogP contribution in [0.15, 0.2) is 36.7 Å². The maximum atomic E-state index is 5.48. The Morgan fingerprint density at radius 1 is 1.16 bits per heavy atom. The van der Waals surface area contributed by atoms with Gasteiger partial charge in [0.1, 0.15) is 12.1 Å². The largest absolute Gasteiger partial charge is 0.377 e. The molecule has 19 heavy (non-hydrogen) atoms. The number of aromatic nitrogens is 2. The summed E-state index contributed by atoms with van der Waals surface area (Å²) in [4.78, 5) is 8.27. The van der Waals surface area contributed by atoms with Crippen molar-refractivity contribution in [3.8, 4) is 0 Å². The second-order valence-corrected chi connectivity index (χ2v) is 4.30. The molecule has 0 amide bonds. The van der Waals surface area contributed by atoms with E-state index in [9.17, 15) is 0 Å². The van der Waals surface area contributed by atoms with Crippen molar-refractivity contribution < 1.29 is 4.74 Å². The highest BCUT2D eigenvalue weighted by molar-refractivity contribution is 5.37. The van der Waals surface area contributed by atoms with Gasteiger partial charge in [0.25, 0.3) is 0 Å². The molecule has 0 aliphatic carbocycles. The van der Waals surface area contributed by atoms with Crippen LogP contribution in [0.4, 0.5) is 5.82 Å². The number of hydrogen-bond acceptors (Lipinski definition) is 4. The quantitative estimate of drug-likeness (QED) is 0.864. The van der Waals surface area contributed by atoms with Crippen molar-refractivity contribution in [2.75, 3.05) is 11.9 Å². The SMILES string of the molecule is CCOCc1ccccc1CNc1cc(C)ncn1. The zero-order chi connectivity index (χ0) is 13.5. The van der Waals surface area contributed by atoms with Gasteiger partial charge in [0.2, 0.25) is 0 Å². The fourth-order valence-corrected chi connectivity index (χ4v) is 1.82. The lowest BCUT2D eigenvalue weighted by molar-refractivity contribution is 0.133. The topological polar surface area (TPSA) is 47.0 Å². The van der Waals surface area contributed by atoms with Gasteiger partial charge in [-0.3, -0.25) is 0 Å². The third kappa shape index (κ3) is 4.03. The first-order valence-corrected chi connectivity index (χ1v) is 6.46. The second-order valence-electron chi connectivity index (χ2n) is 4.30. The summed E-state index contributed by atoms with van der Waals surface area (Å²) in [6.45, 7) is 6.07. The van der Waals surface area contributed by atoms with E-state index in [0.717, 1.165) is 24.7 Å². The Kier molecular flexibility index (Phi) is 4.86. The molecule has 1 N–H and O–H groups in total. The van der Waals surface area contributed by atoms with E-state index in [1.807, 2.05) is 32.0 Å². The molecule has 2 rings (SSSR count).